The van der Waals surface area contributed by atoms with Gasteiger partial charge in [0.1, 0.15) is 0 Å². The Morgan fingerprint density at radius 3 is 2.64 bits per heavy atom. The molecule has 2 aromatic carbocycles. The lowest BCUT2D eigenvalue weighted by atomic mass is 10.2. The highest BCUT2D eigenvalue weighted by Crippen LogP contribution is 2.17. The van der Waals surface area contributed by atoms with Crippen LogP contribution < -0.4 is 15.9 Å². The number of para-hydroxylation sites is 2. The van der Waals surface area contributed by atoms with Gasteiger partial charge in [-0.2, -0.15) is 0 Å². The fraction of sp³-hybridized carbons (Fsp3) is 0.105. The molecule has 0 aliphatic rings. The summed E-state index contributed by atoms with van der Waals surface area (Å²) in [5.74, 6) is -0.514. The van der Waals surface area contributed by atoms with E-state index in [1.807, 2.05) is 6.07 Å². The zero-order valence-electron chi connectivity index (χ0n) is 14.8. The Balaban J connectivity index is 1.64. The minimum atomic E-state index is -0.755. The number of aromatic nitrogens is 4. The third-order valence-electron chi connectivity index (χ3n) is 4.20. The number of benzene rings is 2. The third kappa shape index (κ3) is 3.16. The van der Waals surface area contributed by atoms with Gasteiger partial charge in [-0.3, -0.25) is 18.7 Å². The van der Waals surface area contributed by atoms with Crippen LogP contribution in [0.2, 0.25) is 0 Å². The van der Waals surface area contributed by atoms with Crippen molar-refractivity contribution in [3.05, 3.63) is 81.1 Å². The summed E-state index contributed by atoms with van der Waals surface area (Å²) in [6.45, 7) is 0. The van der Waals surface area contributed by atoms with Crippen molar-refractivity contribution < 1.29 is 14.0 Å². The van der Waals surface area contributed by atoms with Crippen molar-refractivity contribution in [2.45, 2.75) is 5.16 Å². The maximum absolute atomic E-state index is 12.7. The highest BCUT2D eigenvalue weighted by molar-refractivity contribution is 7.99. The van der Waals surface area contributed by atoms with Gasteiger partial charge < -0.3 is 0 Å². The molecule has 0 atom stereocenters. The number of nitrogens with one attached hydrogen (secondary N) is 1. The van der Waals surface area contributed by atoms with Gasteiger partial charge in [-0.05, 0) is 22.1 Å². The van der Waals surface area contributed by atoms with Crippen LogP contribution in [0, 0.1) is 0 Å². The number of carbonyl (C=O) groups excluding carboxylic acids is 1. The number of thioether (sulfide) groups is 1. The molecule has 0 radical (unpaired) electrons. The molecule has 0 spiro atoms. The summed E-state index contributed by atoms with van der Waals surface area (Å²) in [5, 5.41) is 3.34. The van der Waals surface area contributed by atoms with Crippen LogP contribution in [0.15, 0.2) is 73.9 Å². The van der Waals surface area contributed by atoms with Crippen LogP contribution in [0.1, 0.15) is 10.5 Å². The van der Waals surface area contributed by atoms with Gasteiger partial charge in [-0.25, -0.2) is 9.78 Å². The molecule has 140 valence electrons. The number of rotatable bonds is 5. The Labute approximate surface area is 162 Å². The Bertz CT molecular complexity index is 1290. The molecule has 2 heterocycles. The van der Waals surface area contributed by atoms with Crippen LogP contribution >= 0.6 is 11.8 Å². The molecule has 8 nitrogen and oxygen atoms in total. The summed E-state index contributed by atoms with van der Waals surface area (Å²) in [6, 6.07) is 15.9. The summed E-state index contributed by atoms with van der Waals surface area (Å²) < 4.78 is 7.50. The van der Waals surface area contributed by atoms with Gasteiger partial charge in [-0.15, -0.1) is 0 Å². The first-order valence-corrected chi connectivity index (χ1v) is 9.35. The molecule has 0 saturated heterocycles. The van der Waals surface area contributed by atoms with Gasteiger partial charge in [0, 0.05) is 19.2 Å². The van der Waals surface area contributed by atoms with E-state index in [4.69, 9.17) is 4.52 Å². The fourth-order valence-electron chi connectivity index (χ4n) is 2.79. The van der Waals surface area contributed by atoms with Crippen molar-refractivity contribution in [1.29, 1.82) is 0 Å². The first-order valence-electron chi connectivity index (χ1n) is 8.37. The van der Waals surface area contributed by atoms with Crippen LogP contribution in [-0.4, -0.2) is 26.4 Å². The number of nitrogens with zero attached hydrogens (tertiary/aromatic N) is 3. The second-order valence-corrected chi connectivity index (χ2v) is 6.93. The molecule has 2 aromatic heterocycles. The number of aromatic amines is 1. The summed E-state index contributed by atoms with van der Waals surface area (Å²) in [7, 11) is 1.60. The Hall–Kier alpha value is -3.46. The monoisotopic (exact) mass is 395 g/mol. The number of hydrogen-bond donors (Lipinski definition) is 1. The molecule has 0 amide bonds. The minimum Gasteiger partial charge on any atom is -0.290 e. The number of carbonyl (C=O) groups is 1. The van der Waals surface area contributed by atoms with Crippen molar-refractivity contribution in [3.8, 4) is 5.69 Å². The van der Waals surface area contributed by atoms with Crippen LogP contribution in [0.25, 0.3) is 16.6 Å². The fourth-order valence-corrected chi connectivity index (χ4v) is 3.63. The van der Waals surface area contributed by atoms with Crippen molar-refractivity contribution in [2.75, 3.05) is 5.75 Å². The molecule has 4 rings (SSSR count). The maximum atomic E-state index is 12.7. The average Bonchev–Trinajstić information content (AvgIpc) is 3.11. The minimum absolute atomic E-state index is 0.0753. The van der Waals surface area contributed by atoms with E-state index in [2.05, 4.69) is 10.3 Å². The van der Waals surface area contributed by atoms with Gasteiger partial charge in [-0.1, -0.05) is 42.1 Å². The summed E-state index contributed by atoms with van der Waals surface area (Å²) in [6.07, 6.45) is 0. The van der Waals surface area contributed by atoms with E-state index in [-0.39, 0.29) is 17.0 Å². The largest absolute Gasteiger partial charge is 0.438 e. The molecule has 0 fully saturated rings. The van der Waals surface area contributed by atoms with E-state index in [1.54, 1.807) is 55.6 Å². The normalized spacial score (nSPS) is 11.0. The highest BCUT2D eigenvalue weighted by Gasteiger charge is 2.30. The quantitative estimate of drug-likeness (QED) is 0.238. The first kappa shape index (κ1) is 17.9. The van der Waals surface area contributed by atoms with Crippen LogP contribution in [-0.2, 0) is 7.05 Å². The zero-order valence-corrected chi connectivity index (χ0v) is 15.6. The Kier molecular flexibility index (Phi) is 4.66. The molecule has 9 heteroatoms. The highest BCUT2D eigenvalue weighted by atomic mass is 32.2. The van der Waals surface area contributed by atoms with Gasteiger partial charge >= 0.3 is 11.3 Å². The van der Waals surface area contributed by atoms with Crippen molar-refractivity contribution in [3.63, 3.8) is 0 Å². The molecular weight excluding hydrogens is 380 g/mol. The van der Waals surface area contributed by atoms with E-state index in [9.17, 15) is 14.4 Å². The summed E-state index contributed by atoms with van der Waals surface area (Å²) >= 11 is 1.09. The lowest BCUT2D eigenvalue weighted by Gasteiger charge is -2.07. The number of H-pyrrole nitrogens is 1. The molecule has 4 aromatic rings. The number of ketones is 1. The Morgan fingerprint density at radius 2 is 1.86 bits per heavy atom. The smallest absolute Gasteiger partial charge is 0.290 e. The van der Waals surface area contributed by atoms with Crippen molar-refractivity contribution >= 4 is 28.4 Å². The first-order chi connectivity index (χ1) is 13.6. The van der Waals surface area contributed by atoms with Gasteiger partial charge in [0.25, 0.3) is 5.56 Å². The number of hydrogen-bond acceptors (Lipinski definition) is 6. The number of fused-ring (bicyclic) bond motifs is 1. The molecule has 0 aliphatic carbocycles. The molecule has 28 heavy (non-hydrogen) atoms. The molecule has 0 unspecified atom stereocenters. The van der Waals surface area contributed by atoms with E-state index < -0.39 is 11.4 Å². The average molecular weight is 395 g/mol. The van der Waals surface area contributed by atoms with Crippen LogP contribution in [0.4, 0.5) is 0 Å². The molecule has 0 bridgehead atoms. The van der Waals surface area contributed by atoms with E-state index in [0.717, 1.165) is 11.8 Å². The van der Waals surface area contributed by atoms with Crippen molar-refractivity contribution in [1.82, 2.24) is 14.8 Å². The standard InChI is InChI=1S/C19H14N4O4S/c1-22-17(25)13-9-5-6-10-14(13)20-19(22)28-11-15(24)16-18(26)27-21-23(16)12-7-3-2-4-8-12/h2-10H,11H2,1H3/p+1. The lowest BCUT2D eigenvalue weighted by molar-refractivity contribution is -0.672. The zero-order chi connectivity index (χ0) is 19.7. The second-order valence-electron chi connectivity index (χ2n) is 5.99. The summed E-state index contributed by atoms with van der Waals surface area (Å²) in [4.78, 5) is 41.7. The summed E-state index contributed by atoms with van der Waals surface area (Å²) in [5.41, 5.74) is 0.0827. The van der Waals surface area contributed by atoms with Gasteiger partial charge in [0.05, 0.1) is 16.7 Å². The predicted octanol–water partition coefficient (Wildman–Crippen LogP) is 1.47. The predicted molar refractivity (Wildman–Crippen MR) is 103 cm³/mol. The molecule has 0 saturated carbocycles. The van der Waals surface area contributed by atoms with Crippen molar-refractivity contribution in [2.24, 2.45) is 7.05 Å². The van der Waals surface area contributed by atoms with E-state index in [1.165, 1.54) is 9.25 Å². The maximum Gasteiger partial charge on any atom is 0.438 e. The van der Waals surface area contributed by atoms with Crippen LogP contribution in [0.3, 0.4) is 0 Å². The Morgan fingerprint density at radius 1 is 1.14 bits per heavy atom. The van der Waals surface area contributed by atoms with Crippen LogP contribution in [0.5, 0.6) is 0 Å². The van der Waals surface area contributed by atoms with E-state index >= 15 is 0 Å². The lowest BCUT2D eigenvalue weighted by Crippen LogP contribution is -2.41. The van der Waals surface area contributed by atoms with Gasteiger partial charge in [0.15, 0.2) is 5.16 Å². The molecule has 1 N–H and O–H groups in total. The second kappa shape index (κ2) is 7.28. The number of Topliss-reactive ketones (excluding diaryl/α,β-unsaturated/α-hetero) is 1. The SMILES string of the molecule is Cn1c(SCC(=O)c2c(=O)o[nH][n+]2-c2ccccc2)nc2ccccc2c1=O. The van der Waals surface area contributed by atoms with E-state index in [0.29, 0.717) is 21.7 Å². The molecule has 0 aliphatic heterocycles. The molecular formula is C19H15N4O4S+. The van der Waals surface area contributed by atoms with Gasteiger partial charge in [0.2, 0.25) is 11.5 Å². The topological polar surface area (TPSA) is 102 Å². The third-order valence-corrected chi connectivity index (χ3v) is 5.23.